The van der Waals surface area contributed by atoms with Crippen molar-refractivity contribution in [2.24, 2.45) is 5.92 Å². The van der Waals surface area contributed by atoms with E-state index in [2.05, 4.69) is 15.5 Å². The van der Waals surface area contributed by atoms with Gasteiger partial charge in [0.15, 0.2) is 0 Å². The maximum atomic E-state index is 5.33. The van der Waals surface area contributed by atoms with Crippen LogP contribution in [0, 0.1) is 5.92 Å². The van der Waals surface area contributed by atoms with Crippen molar-refractivity contribution in [2.75, 3.05) is 59.0 Å². The quantitative estimate of drug-likeness (QED) is 0.644. The molecule has 0 aromatic rings. The molecule has 2 heterocycles. The van der Waals surface area contributed by atoms with Gasteiger partial charge in [0.2, 0.25) is 0 Å². The first-order valence-corrected chi connectivity index (χ1v) is 6.66. The highest BCUT2D eigenvalue weighted by Crippen LogP contribution is 2.09. The average Bonchev–Trinajstić information content (AvgIpc) is 2.37. The third kappa shape index (κ3) is 4.37. The fourth-order valence-corrected chi connectivity index (χ4v) is 2.45. The van der Waals surface area contributed by atoms with Gasteiger partial charge in [-0.3, -0.25) is 4.90 Å². The molecule has 0 saturated carbocycles. The van der Waals surface area contributed by atoms with Gasteiger partial charge in [-0.1, -0.05) is 0 Å². The minimum atomic E-state index is 0.894. The van der Waals surface area contributed by atoms with Crippen LogP contribution in [0.5, 0.6) is 0 Å². The number of nitrogens with zero attached hydrogens (tertiary/aromatic N) is 1. The second kappa shape index (κ2) is 7.22. The smallest absolute Gasteiger partial charge is 0.0594 e. The van der Waals surface area contributed by atoms with Gasteiger partial charge in [0.25, 0.3) is 0 Å². The van der Waals surface area contributed by atoms with E-state index in [0.29, 0.717) is 0 Å². The largest absolute Gasteiger partial charge is 0.379 e. The predicted molar refractivity (Wildman–Crippen MR) is 65.7 cm³/mol. The molecule has 0 radical (unpaired) electrons. The van der Waals surface area contributed by atoms with Crippen molar-refractivity contribution in [3.63, 3.8) is 0 Å². The van der Waals surface area contributed by atoms with Crippen LogP contribution < -0.4 is 10.6 Å². The molecule has 0 bridgehead atoms. The van der Waals surface area contributed by atoms with Crippen molar-refractivity contribution in [2.45, 2.75) is 12.8 Å². The monoisotopic (exact) mass is 227 g/mol. The summed E-state index contributed by atoms with van der Waals surface area (Å²) in [5.41, 5.74) is 0. The third-order valence-corrected chi connectivity index (χ3v) is 3.60. The maximum Gasteiger partial charge on any atom is 0.0594 e. The molecule has 2 N–H and O–H groups in total. The molecular formula is C12H25N3O. The Kier molecular flexibility index (Phi) is 5.55. The van der Waals surface area contributed by atoms with Crippen molar-refractivity contribution in [1.82, 2.24) is 15.5 Å². The molecule has 16 heavy (non-hydrogen) atoms. The fourth-order valence-electron chi connectivity index (χ4n) is 2.45. The predicted octanol–water partition coefficient (Wildman–Crippen LogP) is -0.0922. The first kappa shape index (κ1) is 12.3. The van der Waals surface area contributed by atoms with Crippen LogP contribution in [-0.2, 0) is 4.74 Å². The number of nitrogens with one attached hydrogen (secondary N) is 2. The zero-order valence-electron chi connectivity index (χ0n) is 10.2. The van der Waals surface area contributed by atoms with Gasteiger partial charge in [-0.05, 0) is 38.4 Å². The lowest BCUT2D eigenvalue weighted by molar-refractivity contribution is 0.0383. The van der Waals surface area contributed by atoms with E-state index >= 15 is 0 Å². The molecule has 4 heteroatoms. The Morgan fingerprint density at radius 1 is 1.19 bits per heavy atom. The Bertz CT molecular complexity index is 157. The molecule has 2 aliphatic heterocycles. The van der Waals surface area contributed by atoms with E-state index in [1.807, 2.05) is 0 Å². The molecule has 2 rings (SSSR count). The molecule has 94 valence electrons. The zero-order chi connectivity index (χ0) is 11.1. The summed E-state index contributed by atoms with van der Waals surface area (Å²) in [6, 6.07) is 0. The molecule has 0 spiro atoms. The van der Waals surface area contributed by atoms with Crippen LogP contribution in [-0.4, -0.2) is 63.9 Å². The summed E-state index contributed by atoms with van der Waals surface area (Å²) in [7, 11) is 0. The molecule has 2 fully saturated rings. The SMILES string of the molecule is C1CC(CNCCN2CCOCC2)CCN1. The lowest BCUT2D eigenvalue weighted by Crippen LogP contribution is -2.41. The van der Waals surface area contributed by atoms with Gasteiger partial charge in [-0.2, -0.15) is 0 Å². The van der Waals surface area contributed by atoms with E-state index in [1.165, 1.54) is 39.0 Å². The zero-order valence-corrected chi connectivity index (χ0v) is 10.2. The molecule has 0 unspecified atom stereocenters. The Morgan fingerprint density at radius 2 is 1.94 bits per heavy atom. The summed E-state index contributed by atoms with van der Waals surface area (Å²) in [4.78, 5) is 2.49. The van der Waals surface area contributed by atoms with E-state index in [4.69, 9.17) is 4.74 Å². The van der Waals surface area contributed by atoms with Crippen LogP contribution in [0.1, 0.15) is 12.8 Å². The summed E-state index contributed by atoms with van der Waals surface area (Å²) < 4.78 is 5.33. The summed E-state index contributed by atoms with van der Waals surface area (Å²) in [6.45, 7) is 9.95. The molecule has 2 saturated heterocycles. The van der Waals surface area contributed by atoms with Crippen molar-refractivity contribution < 1.29 is 4.74 Å². The van der Waals surface area contributed by atoms with E-state index in [1.54, 1.807) is 0 Å². The van der Waals surface area contributed by atoms with Crippen LogP contribution in [0.2, 0.25) is 0 Å². The standard InChI is InChI=1S/C12H25N3O/c1-3-13-4-2-12(1)11-14-5-6-15-7-9-16-10-8-15/h12-14H,1-11H2. The lowest BCUT2D eigenvalue weighted by atomic mass is 9.98. The van der Waals surface area contributed by atoms with Gasteiger partial charge in [-0.15, -0.1) is 0 Å². The van der Waals surface area contributed by atoms with E-state index < -0.39 is 0 Å². The molecule has 0 aromatic heterocycles. The van der Waals surface area contributed by atoms with Crippen LogP contribution >= 0.6 is 0 Å². The Morgan fingerprint density at radius 3 is 2.69 bits per heavy atom. The minimum absolute atomic E-state index is 0.894. The minimum Gasteiger partial charge on any atom is -0.379 e. The summed E-state index contributed by atoms with van der Waals surface area (Å²) in [6.07, 6.45) is 2.68. The number of piperidine rings is 1. The van der Waals surface area contributed by atoms with Crippen LogP contribution in [0.15, 0.2) is 0 Å². The van der Waals surface area contributed by atoms with Gasteiger partial charge in [-0.25, -0.2) is 0 Å². The fraction of sp³-hybridized carbons (Fsp3) is 1.00. The highest BCUT2D eigenvalue weighted by molar-refractivity contribution is 4.71. The van der Waals surface area contributed by atoms with Crippen LogP contribution in [0.25, 0.3) is 0 Å². The van der Waals surface area contributed by atoms with Gasteiger partial charge in [0, 0.05) is 26.2 Å². The van der Waals surface area contributed by atoms with Gasteiger partial charge in [0.1, 0.15) is 0 Å². The second-order valence-corrected chi connectivity index (χ2v) is 4.85. The summed E-state index contributed by atoms with van der Waals surface area (Å²) in [5, 5.41) is 7.00. The van der Waals surface area contributed by atoms with Crippen molar-refractivity contribution in [3.8, 4) is 0 Å². The maximum absolute atomic E-state index is 5.33. The molecule has 0 atom stereocenters. The van der Waals surface area contributed by atoms with Crippen molar-refractivity contribution >= 4 is 0 Å². The highest BCUT2D eigenvalue weighted by atomic mass is 16.5. The topological polar surface area (TPSA) is 36.5 Å². The molecular weight excluding hydrogens is 202 g/mol. The number of hydrogen-bond donors (Lipinski definition) is 2. The normalized spacial score (nSPS) is 24.8. The van der Waals surface area contributed by atoms with E-state index in [9.17, 15) is 0 Å². The van der Waals surface area contributed by atoms with Crippen molar-refractivity contribution in [3.05, 3.63) is 0 Å². The number of ether oxygens (including phenoxy) is 1. The second-order valence-electron chi connectivity index (χ2n) is 4.85. The molecule has 2 aliphatic rings. The third-order valence-electron chi connectivity index (χ3n) is 3.60. The van der Waals surface area contributed by atoms with Gasteiger partial charge in [0.05, 0.1) is 13.2 Å². The lowest BCUT2D eigenvalue weighted by Gasteiger charge is -2.27. The number of hydrogen-bond acceptors (Lipinski definition) is 4. The van der Waals surface area contributed by atoms with Crippen molar-refractivity contribution in [1.29, 1.82) is 0 Å². The first-order valence-electron chi connectivity index (χ1n) is 6.66. The summed E-state index contributed by atoms with van der Waals surface area (Å²) >= 11 is 0. The average molecular weight is 227 g/mol. The van der Waals surface area contributed by atoms with E-state index in [0.717, 1.165) is 38.8 Å². The van der Waals surface area contributed by atoms with Gasteiger partial charge < -0.3 is 15.4 Å². The van der Waals surface area contributed by atoms with Crippen LogP contribution in [0.3, 0.4) is 0 Å². The Hall–Kier alpha value is -0.160. The van der Waals surface area contributed by atoms with E-state index in [-0.39, 0.29) is 0 Å². The Balaban J connectivity index is 1.47. The first-order chi connectivity index (χ1) is 7.95. The summed E-state index contributed by atoms with van der Waals surface area (Å²) in [5.74, 6) is 0.894. The van der Waals surface area contributed by atoms with Gasteiger partial charge >= 0.3 is 0 Å². The Labute approximate surface area is 98.7 Å². The number of morpholine rings is 1. The molecule has 4 nitrogen and oxygen atoms in total. The molecule has 0 aromatic carbocycles. The molecule has 0 aliphatic carbocycles. The number of rotatable bonds is 5. The molecule has 0 amide bonds. The highest BCUT2D eigenvalue weighted by Gasteiger charge is 2.13. The van der Waals surface area contributed by atoms with Crippen LogP contribution in [0.4, 0.5) is 0 Å².